The molecule has 0 spiro atoms. The van der Waals surface area contributed by atoms with Crippen LogP contribution in [-0.2, 0) is 13.0 Å². The molecule has 1 aliphatic heterocycles. The van der Waals surface area contributed by atoms with Gasteiger partial charge >= 0.3 is 5.69 Å². The molecule has 7 nitrogen and oxygen atoms in total. The molecule has 1 atom stereocenters. The third-order valence-corrected chi connectivity index (χ3v) is 4.41. The number of hydrogen-bond donors (Lipinski definition) is 1. The third kappa shape index (κ3) is 3.15. The Morgan fingerprint density at radius 1 is 1.33 bits per heavy atom. The van der Waals surface area contributed by atoms with Crippen LogP contribution >= 0.6 is 0 Å². The quantitative estimate of drug-likeness (QED) is 0.671. The number of hydrogen-bond acceptors (Lipinski definition) is 6. The summed E-state index contributed by atoms with van der Waals surface area (Å²) in [7, 11) is 0. The molecule has 1 unspecified atom stereocenters. The van der Waals surface area contributed by atoms with Crippen molar-refractivity contribution in [2.75, 3.05) is 16.8 Å². The van der Waals surface area contributed by atoms with E-state index in [1.165, 1.54) is 17.5 Å². The summed E-state index contributed by atoms with van der Waals surface area (Å²) < 4.78 is 0. The predicted octanol–water partition coefficient (Wildman–Crippen LogP) is 3.16. The highest BCUT2D eigenvalue weighted by Gasteiger charge is 2.29. The number of rotatable bonds is 5. The molecule has 1 aromatic heterocycles. The SMILES string of the molecule is CCC(C)Nc1ncnc(N2CCc3ccccc3C2)c1[N+](=O)[O-]. The third-order valence-electron chi connectivity index (χ3n) is 4.41. The van der Waals surface area contributed by atoms with Crippen molar-refractivity contribution in [3.63, 3.8) is 0 Å². The molecule has 0 aliphatic carbocycles. The lowest BCUT2D eigenvalue weighted by molar-refractivity contribution is -0.383. The lowest BCUT2D eigenvalue weighted by Gasteiger charge is -2.29. The van der Waals surface area contributed by atoms with Gasteiger partial charge in [0.05, 0.1) is 4.92 Å². The summed E-state index contributed by atoms with van der Waals surface area (Å²) in [5, 5.41) is 14.8. The number of anilines is 2. The number of nitrogens with one attached hydrogen (secondary N) is 1. The fraction of sp³-hybridized carbons (Fsp3) is 0.412. The lowest BCUT2D eigenvalue weighted by Crippen LogP contribution is -2.32. The van der Waals surface area contributed by atoms with Gasteiger partial charge in [-0.2, -0.15) is 0 Å². The first-order valence-corrected chi connectivity index (χ1v) is 8.17. The number of nitro groups is 1. The van der Waals surface area contributed by atoms with Gasteiger partial charge in [-0.1, -0.05) is 31.2 Å². The van der Waals surface area contributed by atoms with E-state index in [0.29, 0.717) is 24.7 Å². The molecule has 0 saturated carbocycles. The van der Waals surface area contributed by atoms with Crippen molar-refractivity contribution in [1.29, 1.82) is 0 Å². The molecule has 24 heavy (non-hydrogen) atoms. The maximum atomic E-state index is 11.7. The Morgan fingerprint density at radius 2 is 2.08 bits per heavy atom. The molecule has 1 aliphatic rings. The van der Waals surface area contributed by atoms with E-state index in [1.807, 2.05) is 30.9 Å². The van der Waals surface area contributed by atoms with Crippen LogP contribution in [0.1, 0.15) is 31.4 Å². The Balaban J connectivity index is 1.96. The van der Waals surface area contributed by atoms with Crippen LogP contribution in [-0.4, -0.2) is 27.5 Å². The average molecular weight is 327 g/mol. The van der Waals surface area contributed by atoms with Crippen molar-refractivity contribution in [1.82, 2.24) is 9.97 Å². The van der Waals surface area contributed by atoms with E-state index in [4.69, 9.17) is 0 Å². The summed E-state index contributed by atoms with van der Waals surface area (Å²) in [6.45, 7) is 5.32. The van der Waals surface area contributed by atoms with E-state index < -0.39 is 0 Å². The molecular weight excluding hydrogens is 306 g/mol. The Morgan fingerprint density at radius 3 is 2.79 bits per heavy atom. The molecule has 0 bridgehead atoms. The molecule has 1 N–H and O–H groups in total. The monoisotopic (exact) mass is 327 g/mol. The maximum Gasteiger partial charge on any atom is 0.353 e. The molecule has 2 heterocycles. The van der Waals surface area contributed by atoms with Gasteiger partial charge in [-0.3, -0.25) is 10.1 Å². The Bertz CT molecular complexity index is 750. The largest absolute Gasteiger partial charge is 0.362 e. The molecule has 126 valence electrons. The zero-order valence-corrected chi connectivity index (χ0v) is 13.9. The average Bonchev–Trinajstić information content (AvgIpc) is 2.60. The summed E-state index contributed by atoms with van der Waals surface area (Å²) in [4.78, 5) is 21.6. The Hall–Kier alpha value is -2.70. The van der Waals surface area contributed by atoms with E-state index in [9.17, 15) is 10.1 Å². The molecule has 1 aromatic carbocycles. The molecule has 3 rings (SSSR count). The molecule has 0 amide bonds. The van der Waals surface area contributed by atoms with Gasteiger partial charge in [-0.25, -0.2) is 9.97 Å². The van der Waals surface area contributed by atoms with E-state index in [-0.39, 0.29) is 16.7 Å². The minimum absolute atomic E-state index is 0.0443. The minimum Gasteiger partial charge on any atom is -0.362 e. The van der Waals surface area contributed by atoms with Gasteiger partial charge in [0.15, 0.2) is 0 Å². The molecular formula is C17H21N5O2. The van der Waals surface area contributed by atoms with Gasteiger partial charge in [0.2, 0.25) is 11.6 Å². The molecule has 0 saturated heterocycles. The zero-order chi connectivity index (χ0) is 17.1. The van der Waals surface area contributed by atoms with E-state index in [2.05, 4.69) is 27.4 Å². The number of nitrogens with zero attached hydrogens (tertiary/aromatic N) is 4. The first-order valence-electron chi connectivity index (χ1n) is 8.17. The van der Waals surface area contributed by atoms with Crippen LogP contribution in [0, 0.1) is 10.1 Å². The summed E-state index contributed by atoms with van der Waals surface area (Å²) >= 11 is 0. The van der Waals surface area contributed by atoms with Gasteiger partial charge in [0, 0.05) is 19.1 Å². The summed E-state index contributed by atoms with van der Waals surface area (Å²) in [5.41, 5.74) is 2.44. The van der Waals surface area contributed by atoms with Gasteiger partial charge in [0.25, 0.3) is 0 Å². The highest BCUT2D eigenvalue weighted by atomic mass is 16.6. The van der Waals surface area contributed by atoms with Crippen molar-refractivity contribution in [3.05, 3.63) is 51.8 Å². The van der Waals surface area contributed by atoms with E-state index in [1.54, 1.807) is 0 Å². The van der Waals surface area contributed by atoms with Crippen LogP contribution in [0.3, 0.4) is 0 Å². The van der Waals surface area contributed by atoms with E-state index in [0.717, 1.165) is 12.8 Å². The molecule has 0 radical (unpaired) electrons. The van der Waals surface area contributed by atoms with Crippen LogP contribution in [0.5, 0.6) is 0 Å². The second-order valence-electron chi connectivity index (χ2n) is 6.05. The number of benzene rings is 1. The Labute approximate surface area is 140 Å². The molecule has 7 heteroatoms. The maximum absolute atomic E-state index is 11.7. The van der Waals surface area contributed by atoms with Crippen LogP contribution in [0.25, 0.3) is 0 Å². The highest BCUT2D eigenvalue weighted by Crippen LogP contribution is 2.34. The topological polar surface area (TPSA) is 84.2 Å². The summed E-state index contributed by atoms with van der Waals surface area (Å²) in [6, 6.07) is 8.29. The summed E-state index contributed by atoms with van der Waals surface area (Å²) in [6.07, 6.45) is 3.10. The van der Waals surface area contributed by atoms with Crippen LogP contribution in [0.4, 0.5) is 17.3 Å². The molecule has 2 aromatic rings. The van der Waals surface area contributed by atoms with Gasteiger partial charge in [0.1, 0.15) is 6.33 Å². The van der Waals surface area contributed by atoms with Crippen LogP contribution in [0.2, 0.25) is 0 Å². The highest BCUT2D eigenvalue weighted by molar-refractivity contribution is 5.71. The predicted molar refractivity (Wildman–Crippen MR) is 93.3 cm³/mol. The van der Waals surface area contributed by atoms with Crippen LogP contribution < -0.4 is 10.2 Å². The Kier molecular flexibility index (Phi) is 4.59. The summed E-state index contributed by atoms with van der Waals surface area (Å²) in [5.74, 6) is 0.675. The van der Waals surface area contributed by atoms with Gasteiger partial charge in [-0.15, -0.1) is 0 Å². The fourth-order valence-electron chi connectivity index (χ4n) is 2.89. The van der Waals surface area contributed by atoms with Gasteiger partial charge < -0.3 is 10.2 Å². The first kappa shape index (κ1) is 16.2. The van der Waals surface area contributed by atoms with Crippen molar-refractivity contribution < 1.29 is 4.92 Å². The van der Waals surface area contributed by atoms with Crippen molar-refractivity contribution in [3.8, 4) is 0 Å². The van der Waals surface area contributed by atoms with Crippen molar-refractivity contribution >= 4 is 17.3 Å². The molecule has 0 fully saturated rings. The number of aromatic nitrogens is 2. The van der Waals surface area contributed by atoms with Gasteiger partial charge in [-0.05, 0) is 30.9 Å². The number of fused-ring (bicyclic) bond motifs is 1. The second-order valence-corrected chi connectivity index (χ2v) is 6.05. The van der Waals surface area contributed by atoms with Crippen molar-refractivity contribution in [2.45, 2.75) is 39.3 Å². The first-order chi connectivity index (χ1) is 11.6. The standard InChI is InChI=1S/C17H21N5O2/c1-3-12(2)20-16-15(22(23)24)17(19-11-18-16)21-9-8-13-6-4-5-7-14(13)10-21/h4-7,11-12H,3,8-10H2,1-2H3,(H,18,19,20). The fourth-order valence-corrected chi connectivity index (χ4v) is 2.89. The van der Waals surface area contributed by atoms with Crippen LogP contribution in [0.15, 0.2) is 30.6 Å². The van der Waals surface area contributed by atoms with E-state index >= 15 is 0 Å². The smallest absolute Gasteiger partial charge is 0.353 e. The lowest BCUT2D eigenvalue weighted by atomic mass is 10.00. The van der Waals surface area contributed by atoms with Crippen molar-refractivity contribution in [2.24, 2.45) is 0 Å². The zero-order valence-electron chi connectivity index (χ0n) is 13.9. The minimum atomic E-state index is -0.388. The second kappa shape index (κ2) is 6.82. The normalized spacial score (nSPS) is 14.8.